The number of hydrogen-bond donors (Lipinski definition) is 2. The lowest BCUT2D eigenvalue weighted by Crippen LogP contribution is -2.09. The third kappa shape index (κ3) is 2.20. The summed E-state index contributed by atoms with van der Waals surface area (Å²) in [6.07, 6.45) is 0. The second-order valence-corrected chi connectivity index (χ2v) is 3.74. The zero-order chi connectivity index (χ0) is 13.1. The first-order valence-electron chi connectivity index (χ1n) is 5.32. The van der Waals surface area contributed by atoms with E-state index in [1.165, 1.54) is 19.2 Å². The molecular formula is C12H14FN3O2. The molecule has 1 heterocycles. The smallest absolute Gasteiger partial charge is 0.148 e. The van der Waals surface area contributed by atoms with Crippen molar-refractivity contribution in [3.63, 3.8) is 0 Å². The topological polar surface area (TPSA) is 69.4 Å². The molecule has 0 bridgehead atoms. The highest BCUT2D eigenvalue weighted by molar-refractivity contribution is 5.95. The minimum absolute atomic E-state index is 0.338. The Morgan fingerprint density at radius 3 is 2.72 bits per heavy atom. The van der Waals surface area contributed by atoms with Crippen LogP contribution in [-0.4, -0.2) is 19.2 Å². The Kier molecular flexibility index (Phi) is 3.59. The number of hydrogen-bond acceptors (Lipinski definition) is 5. The second kappa shape index (κ2) is 5.16. The molecule has 2 rings (SSSR count). The van der Waals surface area contributed by atoms with Gasteiger partial charge in [-0.2, -0.15) is 0 Å². The predicted molar refractivity (Wildman–Crippen MR) is 66.8 cm³/mol. The Hall–Kier alpha value is -1.92. The first-order valence-corrected chi connectivity index (χ1v) is 5.32. The van der Waals surface area contributed by atoms with Crippen molar-refractivity contribution in [2.24, 2.45) is 5.84 Å². The average molecular weight is 251 g/mol. The second-order valence-electron chi connectivity index (χ2n) is 3.74. The summed E-state index contributed by atoms with van der Waals surface area (Å²) in [4.78, 5) is 4.37. The van der Waals surface area contributed by atoms with E-state index < -0.39 is 5.82 Å². The number of aromatic nitrogens is 1. The molecular weight excluding hydrogens is 237 g/mol. The molecule has 0 saturated heterocycles. The van der Waals surface area contributed by atoms with Crippen LogP contribution in [0.15, 0.2) is 18.2 Å². The number of ether oxygens (including phenoxy) is 2. The Labute approximate surface area is 104 Å². The van der Waals surface area contributed by atoms with Gasteiger partial charge in [0.05, 0.1) is 25.1 Å². The first kappa shape index (κ1) is 12.5. The Morgan fingerprint density at radius 2 is 2.11 bits per heavy atom. The summed E-state index contributed by atoms with van der Waals surface area (Å²) in [5.74, 6) is 5.40. The van der Waals surface area contributed by atoms with Gasteiger partial charge in [-0.05, 0) is 12.1 Å². The van der Waals surface area contributed by atoms with Gasteiger partial charge in [-0.15, -0.1) is 0 Å². The van der Waals surface area contributed by atoms with Gasteiger partial charge in [0, 0.05) is 18.6 Å². The van der Waals surface area contributed by atoms with Crippen molar-refractivity contribution < 1.29 is 13.9 Å². The summed E-state index contributed by atoms with van der Waals surface area (Å²) in [7, 11) is 3.04. The molecule has 0 atom stereocenters. The summed E-state index contributed by atoms with van der Waals surface area (Å²) < 4.78 is 23.6. The maximum Gasteiger partial charge on any atom is 0.148 e. The van der Waals surface area contributed by atoms with Gasteiger partial charge in [0.15, 0.2) is 0 Å². The van der Waals surface area contributed by atoms with Crippen molar-refractivity contribution >= 4 is 16.6 Å². The zero-order valence-electron chi connectivity index (χ0n) is 10.2. The molecule has 1 aromatic heterocycles. The lowest BCUT2D eigenvalue weighted by atomic mass is 10.1. The van der Waals surface area contributed by atoms with Crippen LogP contribution in [0.1, 0.15) is 5.69 Å². The Bertz CT molecular complexity index is 575. The van der Waals surface area contributed by atoms with Crippen molar-refractivity contribution in [3.05, 3.63) is 29.7 Å². The Morgan fingerprint density at radius 1 is 1.33 bits per heavy atom. The average Bonchev–Trinajstić information content (AvgIpc) is 2.37. The number of nitrogens with one attached hydrogen (secondary N) is 1. The SMILES string of the molecule is COCc1cc(NN)c2cc(F)cc(OC)c2n1. The van der Waals surface area contributed by atoms with Crippen LogP contribution in [-0.2, 0) is 11.3 Å². The number of nitrogens with two attached hydrogens (primary N) is 1. The van der Waals surface area contributed by atoms with E-state index in [0.29, 0.717) is 34.6 Å². The van der Waals surface area contributed by atoms with E-state index in [2.05, 4.69) is 10.4 Å². The number of anilines is 1. The van der Waals surface area contributed by atoms with Crippen molar-refractivity contribution in [1.82, 2.24) is 4.98 Å². The van der Waals surface area contributed by atoms with Gasteiger partial charge in [-0.3, -0.25) is 5.84 Å². The van der Waals surface area contributed by atoms with Crippen LogP contribution in [0.2, 0.25) is 0 Å². The number of halogens is 1. The lowest BCUT2D eigenvalue weighted by Gasteiger charge is -2.11. The van der Waals surface area contributed by atoms with E-state index in [9.17, 15) is 4.39 Å². The minimum atomic E-state index is -0.405. The number of hydrazine groups is 1. The number of rotatable bonds is 4. The van der Waals surface area contributed by atoms with Crippen molar-refractivity contribution in [3.8, 4) is 5.75 Å². The highest BCUT2D eigenvalue weighted by Crippen LogP contribution is 2.31. The summed E-state index contributed by atoms with van der Waals surface area (Å²) in [6.45, 7) is 0.338. The van der Waals surface area contributed by atoms with Crippen LogP contribution < -0.4 is 16.0 Å². The van der Waals surface area contributed by atoms with Crippen LogP contribution in [0.25, 0.3) is 10.9 Å². The van der Waals surface area contributed by atoms with Crippen LogP contribution in [0.5, 0.6) is 5.75 Å². The molecule has 96 valence electrons. The normalized spacial score (nSPS) is 10.7. The maximum absolute atomic E-state index is 13.4. The standard InChI is InChI=1S/C12H14FN3O2/c1-17-6-8-5-10(16-14)9-3-7(13)4-11(18-2)12(9)15-8/h3-5H,6,14H2,1-2H3,(H,15,16). The van der Waals surface area contributed by atoms with E-state index in [4.69, 9.17) is 15.3 Å². The molecule has 0 aliphatic rings. The molecule has 0 fully saturated rings. The summed E-state index contributed by atoms with van der Waals surface area (Å²) >= 11 is 0. The molecule has 1 aromatic carbocycles. The minimum Gasteiger partial charge on any atom is -0.494 e. The lowest BCUT2D eigenvalue weighted by molar-refractivity contribution is 0.182. The summed E-state index contributed by atoms with van der Waals surface area (Å²) in [5.41, 5.74) is 4.33. The van der Waals surface area contributed by atoms with E-state index >= 15 is 0 Å². The van der Waals surface area contributed by atoms with Crippen LogP contribution in [0.3, 0.4) is 0 Å². The molecule has 0 amide bonds. The van der Waals surface area contributed by atoms with Gasteiger partial charge in [-0.25, -0.2) is 9.37 Å². The molecule has 3 N–H and O–H groups in total. The molecule has 0 aliphatic carbocycles. The van der Waals surface area contributed by atoms with E-state index in [1.807, 2.05) is 0 Å². The number of nitrogen functional groups attached to an aromatic ring is 1. The van der Waals surface area contributed by atoms with Gasteiger partial charge in [0.1, 0.15) is 17.1 Å². The Balaban J connectivity index is 2.74. The van der Waals surface area contributed by atoms with Crippen LogP contribution in [0, 0.1) is 5.82 Å². The van der Waals surface area contributed by atoms with Gasteiger partial charge in [-0.1, -0.05) is 0 Å². The zero-order valence-corrected chi connectivity index (χ0v) is 10.2. The predicted octanol–water partition coefficient (Wildman–Crippen LogP) is 1.81. The molecule has 0 unspecified atom stereocenters. The molecule has 0 radical (unpaired) electrons. The van der Waals surface area contributed by atoms with Gasteiger partial charge in [0.25, 0.3) is 0 Å². The number of methoxy groups -OCH3 is 2. The quantitative estimate of drug-likeness (QED) is 0.640. The highest BCUT2D eigenvalue weighted by atomic mass is 19.1. The summed E-state index contributed by atoms with van der Waals surface area (Å²) in [5, 5.41) is 0.564. The van der Waals surface area contributed by atoms with Crippen molar-refractivity contribution in [2.45, 2.75) is 6.61 Å². The first-order chi connectivity index (χ1) is 8.69. The van der Waals surface area contributed by atoms with E-state index in [0.717, 1.165) is 0 Å². The van der Waals surface area contributed by atoms with Crippen molar-refractivity contribution in [1.29, 1.82) is 0 Å². The number of nitrogens with zero attached hydrogens (tertiary/aromatic N) is 1. The monoisotopic (exact) mass is 251 g/mol. The third-order valence-corrected chi connectivity index (χ3v) is 2.56. The van der Waals surface area contributed by atoms with Gasteiger partial charge < -0.3 is 14.9 Å². The van der Waals surface area contributed by atoms with Gasteiger partial charge in [0.2, 0.25) is 0 Å². The number of fused-ring (bicyclic) bond motifs is 1. The number of benzene rings is 1. The molecule has 0 saturated carbocycles. The number of pyridine rings is 1. The molecule has 0 aliphatic heterocycles. The fourth-order valence-corrected chi connectivity index (χ4v) is 1.81. The molecule has 2 aromatic rings. The largest absolute Gasteiger partial charge is 0.494 e. The van der Waals surface area contributed by atoms with Crippen LogP contribution in [0.4, 0.5) is 10.1 Å². The molecule has 18 heavy (non-hydrogen) atoms. The van der Waals surface area contributed by atoms with Crippen LogP contribution >= 0.6 is 0 Å². The fourth-order valence-electron chi connectivity index (χ4n) is 1.81. The van der Waals surface area contributed by atoms with E-state index in [1.54, 1.807) is 13.2 Å². The fraction of sp³-hybridized carbons (Fsp3) is 0.250. The highest BCUT2D eigenvalue weighted by Gasteiger charge is 2.11. The van der Waals surface area contributed by atoms with E-state index in [-0.39, 0.29) is 0 Å². The maximum atomic E-state index is 13.4. The third-order valence-electron chi connectivity index (χ3n) is 2.56. The summed E-state index contributed by atoms with van der Waals surface area (Å²) in [6, 6.07) is 4.35. The van der Waals surface area contributed by atoms with Crippen molar-refractivity contribution in [2.75, 3.05) is 19.6 Å². The molecule has 6 heteroatoms. The molecule has 5 nitrogen and oxygen atoms in total. The van der Waals surface area contributed by atoms with Gasteiger partial charge >= 0.3 is 0 Å². The molecule has 0 spiro atoms.